The van der Waals surface area contributed by atoms with E-state index in [1.807, 2.05) is 0 Å². The lowest BCUT2D eigenvalue weighted by molar-refractivity contribution is -0.125. The fourth-order valence-electron chi connectivity index (χ4n) is 2.18. The molecular formula is C12H22F3NO. The van der Waals surface area contributed by atoms with Crippen molar-refractivity contribution in [2.24, 2.45) is 11.8 Å². The maximum Gasteiger partial charge on any atom is 0.401 e. The van der Waals surface area contributed by atoms with Crippen LogP contribution in [-0.2, 0) is 4.74 Å². The first-order chi connectivity index (χ1) is 7.88. The minimum Gasteiger partial charge on any atom is -0.377 e. The van der Waals surface area contributed by atoms with Crippen LogP contribution in [0.4, 0.5) is 13.2 Å². The van der Waals surface area contributed by atoms with Crippen LogP contribution in [0.3, 0.4) is 0 Å². The van der Waals surface area contributed by atoms with Crippen molar-refractivity contribution in [2.75, 3.05) is 19.7 Å². The van der Waals surface area contributed by atoms with Gasteiger partial charge in [-0.2, -0.15) is 13.2 Å². The van der Waals surface area contributed by atoms with Crippen molar-refractivity contribution in [2.45, 2.75) is 45.4 Å². The van der Waals surface area contributed by atoms with Crippen LogP contribution in [0.15, 0.2) is 0 Å². The minimum absolute atomic E-state index is 0.230. The summed E-state index contributed by atoms with van der Waals surface area (Å²) in [5.41, 5.74) is 0. The number of rotatable bonds is 5. The van der Waals surface area contributed by atoms with Gasteiger partial charge in [0.1, 0.15) is 0 Å². The molecule has 17 heavy (non-hydrogen) atoms. The lowest BCUT2D eigenvalue weighted by Gasteiger charge is -2.32. The number of nitrogens with one attached hydrogen (secondary N) is 1. The van der Waals surface area contributed by atoms with Crippen molar-refractivity contribution in [1.82, 2.24) is 5.32 Å². The molecule has 0 saturated heterocycles. The highest BCUT2D eigenvalue weighted by Crippen LogP contribution is 2.30. The summed E-state index contributed by atoms with van der Waals surface area (Å²) in [4.78, 5) is 0. The van der Waals surface area contributed by atoms with Crippen LogP contribution in [0, 0.1) is 11.8 Å². The molecule has 0 aliphatic heterocycles. The Balaban J connectivity index is 2.04. The zero-order chi connectivity index (χ0) is 12.9. The zero-order valence-electron chi connectivity index (χ0n) is 10.5. The fourth-order valence-corrected chi connectivity index (χ4v) is 2.18. The Morgan fingerprint density at radius 1 is 1.18 bits per heavy atom. The summed E-state index contributed by atoms with van der Waals surface area (Å²) >= 11 is 0. The van der Waals surface area contributed by atoms with Crippen LogP contribution in [0.5, 0.6) is 0 Å². The maximum absolute atomic E-state index is 11.8. The molecule has 1 N–H and O–H groups in total. The van der Waals surface area contributed by atoms with E-state index in [9.17, 15) is 13.2 Å². The summed E-state index contributed by atoms with van der Waals surface area (Å²) in [6, 6.07) is 0. The summed E-state index contributed by atoms with van der Waals surface area (Å²) < 4.78 is 41.1. The SMILES string of the molecule is CC1CCC(OCCNCC(F)(F)F)CC1C. The Bertz CT molecular complexity index is 220. The molecule has 2 nitrogen and oxygen atoms in total. The Kier molecular flexibility index (Phi) is 5.73. The van der Waals surface area contributed by atoms with E-state index in [0.29, 0.717) is 12.5 Å². The van der Waals surface area contributed by atoms with Gasteiger partial charge in [0.15, 0.2) is 0 Å². The molecule has 1 aliphatic rings. The molecule has 0 amide bonds. The normalized spacial score (nSPS) is 30.5. The molecular weight excluding hydrogens is 231 g/mol. The third kappa shape index (κ3) is 6.27. The Labute approximate surface area is 101 Å². The third-order valence-corrected chi connectivity index (χ3v) is 3.51. The molecule has 1 saturated carbocycles. The second kappa shape index (κ2) is 6.59. The van der Waals surface area contributed by atoms with Gasteiger partial charge >= 0.3 is 6.18 Å². The lowest BCUT2D eigenvalue weighted by Crippen LogP contribution is -2.33. The first kappa shape index (κ1) is 14.8. The van der Waals surface area contributed by atoms with Crippen molar-refractivity contribution < 1.29 is 17.9 Å². The first-order valence-corrected chi connectivity index (χ1v) is 6.27. The minimum atomic E-state index is -4.13. The van der Waals surface area contributed by atoms with Crippen LogP contribution in [0.25, 0.3) is 0 Å². The maximum atomic E-state index is 11.8. The molecule has 102 valence electrons. The largest absolute Gasteiger partial charge is 0.401 e. The van der Waals surface area contributed by atoms with Gasteiger partial charge in [-0.25, -0.2) is 0 Å². The molecule has 3 unspecified atom stereocenters. The lowest BCUT2D eigenvalue weighted by atomic mass is 9.80. The van der Waals surface area contributed by atoms with Gasteiger partial charge in [0.2, 0.25) is 0 Å². The number of halogens is 3. The highest BCUT2D eigenvalue weighted by molar-refractivity contribution is 4.75. The Hall–Kier alpha value is -0.290. The average molecular weight is 253 g/mol. The summed E-state index contributed by atoms with van der Waals surface area (Å²) in [5.74, 6) is 1.38. The van der Waals surface area contributed by atoms with E-state index in [2.05, 4.69) is 19.2 Å². The van der Waals surface area contributed by atoms with Gasteiger partial charge in [-0.3, -0.25) is 0 Å². The monoisotopic (exact) mass is 253 g/mol. The van der Waals surface area contributed by atoms with E-state index in [4.69, 9.17) is 4.74 Å². The molecule has 5 heteroatoms. The number of hydrogen-bond donors (Lipinski definition) is 1. The highest BCUT2D eigenvalue weighted by Gasteiger charge is 2.27. The molecule has 1 fully saturated rings. The van der Waals surface area contributed by atoms with Gasteiger partial charge < -0.3 is 10.1 Å². The number of ether oxygens (including phenoxy) is 1. The third-order valence-electron chi connectivity index (χ3n) is 3.51. The van der Waals surface area contributed by atoms with E-state index in [1.165, 1.54) is 0 Å². The Morgan fingerprint density at radius 3 is 2.47 bits per heavy atom. The summed E-state index contributed by atoms with van der Waals surface area (Å²) in [5, 5.41) is 2.33. The molecule has 1 rings (SSSR count). The number of hydrogen-bond acceptors (Lipinski definition) is 2. The fraction of sp³-hybridized carbons (Fsp3) is 1.00. The van der Waals surface area contributed by atoms with Crippen molar-refractivity contribution in [1.29, 1.82) is 0 Å². The second-order valence-corrected chi connectivity index (χ2v) is 5.05. The van der Waals surface area contributed by atoms with E-state index in [-0.39, 0.29) is 12.6 Å². The van der Waals surface area contributed by atoms with E-state index in [0.717, 1.165) is 25.2 Å². The molecule has 0 radical (unpaired) electrons. The summed E-state index contributed by atoms with van der Waals surface area (Å²) in [6.07, 6.45) is -0.684. The van der Waals surface area contributed by atoms with Crippen LogP contribution in [0.1, 0.15) is 33.1 Å². The smallest absolute Gasteiger partial charge is 0.377 e. The van der Waals surface area contributed by atoms with Crippen LogP contribution < -0.4 is 5.32 Å². The standard InChI is InChI=1S/C12H22F3NO/c1-9-3-4-11(7-10(9)2)17-6-5-16-8-12(13,14)15/h9-11,16H,3-8H2,1-2H3. The number of alkyl halides is 3. The van der Waals surface area contributed by atoms with Crippen LogP contribution in [-0.4, -0.2) is 32.0 Å². The van der Waals surface area contributed by atoms with Crippen molar-refractivity contribution >= 4 is 0 Å². The molecule has 1 aliphatic carbocycles. The summed E-state index contributed by atoms with van der Waals surface area (Å²) in [7, 11) is 0. The highest BCUT2D eigenvalue weighted by atomic mass is 19.4. The van der Waals surface area contributed by atoms with Gasteiger partial charge in [-0.15, -0.1) is 0 Å². The van der Waals surface area contributed by atoms with E-state index >= 15 is 0 Å². The Morgan fingerprint density at radius 2 is 1.88 bits per heavy atom. The molecule has 0 heterocycles. The quantitative estimate of drug-likeness (QED) is 0.761. The van der Waals surface area contributed by atoms with Crippen molar-refractivity contribution in [3.63, 3.8) is 0 Å². The summed E-state index contributed by atoms with van der Waals surface area (Å²) in [6.45, 7) is 4.14. The molecule has 0 spiro atoms. The zero-order valence-corrected chi connectivity index (χ0v) is 10.5. The van der Waals surface area contributed by atoms with Crippen LogP contribution in [0.2, 0.25) is 0 Å². The molecule has 3 atom stereocenters. The average Bonchev–Trinajstić information content (AvgIpc) is 2.21. The van der Waals surface area contributed by atoms with E-state index < -0.39 is 12.7 Å². The van der Waals surface area contributed by atoms with Crippen molar-refractivity contribution in [3.05, 3.63) is 0 Å². The van der Waals surface area contributed by atoms with Gasteiger partial charge in [0, 0.05) is 6.54 Å². The molecule has 0 bridgehead atoms. The second-order valence-electron chi connectivity index (χ2n) is 5.05. The van der Waals surface area contributed by atoms with Gasteiger partial charge in [0.25, 0.3) is 0 Å². The first-order valence-electron chi connectivity index (χ1n) is 6.27. The van der Waals surface area contributed by atoms with Gasteiger partial charge in [-0.1, -0.05) is 13.8 Å². The van der Waals surface area contributed by atoms with Gasteiger partial charge in [-0.05, 0) is 31.1 Å². The molecule has 0 aromatic heterocycles. The van der Waals surface area contributed by atoms with Crippen LogP contribution >= 0.6 is 0 Å². The predicted molar refractivity (Wildman–Crippen MR) is 60.8 cm³/mol. The van der Waals surface area contributed by atoms with Crippen molar-refractivity contribution in [3.8, 4) is 0 Å². The topological polar surface area (TPSA) is 21.3 Å². The van der Waals surface area contributed by atoms with Gasteiger partial charge in [0.05, 0.1) is 19.3 Å². The molecule has 0 aromatic carbocycles. The molecule has 0 aromatic rings. The van der Waals surface area contributed by atoms with E-state index in [1.54, 1.807) is 0 Å². The predicted octanol–water partition coefficient (Wildman–Crippen LogP) is 2.98.